The molecule has 0 atom stereocenters. The van der Waals surface area contributed by atoms with Gasteiger partial charge in [0, 0.05) is 38.8 Å². The molecular weight excluding hydrogens is 239 g/mol. The van der Waals surface area contributed by atoms with Crippen molar-refractivity contribution in [1.29, 1.82) is 0 Å². The first-order valence-corrected chi connectivity index (χ1v) is 4.57. The summed E-state index contributed by atoms with van der Waals surface area (Å²) in [6.45, 7) is 8.41. The number of hydrogen-bond acceptors (Lipinski definition) is 2. The first-order valence-electron chi connectivity index (χ1n) is 4.57. The van der Waals surface area contributed by atoms with Crippen molar-refractivity contribution in [2.45, 2.75) is 39.7 Å². The molecule has 0 N–H and O–H groups in total. The zero-order valence-electron chi connectivity index (χ0n) is 8.92. The third-order valence-corrected chi connectivity index (χ3v) is 1.97. The smallest absolute Gasteiger partial charge is 0.00364 e. The minimum atomic E-state index is 0. The van der Waals surface area contributed by atoms with Gasteiger partial charge in [-0.05, 0) is 26.9 Å². The molecule has 1 fully saturated rings. The van der Waals surface area contributed by atoms with Gasteiger partial charge in [0.15, 0.2) is 0 Å². The van der Waals surface area contributed by atoms with E-state index in [4.69, 9.17) is 4.79 Å². The van der Waals surface area contributed by atoms with Crippen molar-refractivity contribution in [3.63, 3.8) is 0 Å². The van der Waals surface area contributed by atoms with Crippen molar-refractivity contribution >= 4 is 6.29 Å². The molecule has 0 amide bonds. The van der Waals surface area contributed by atoms with Crippen molar-refractivity contribution in [1.82, 2.24) is 4.90 Å². The van der Waals surface area contributed by atoms with E-state index in [0.29, 0.717) is 0 Å². The number of hydrogen-bond donors (Lipinski definition) is 0. The van der Waals surface area contributed by atoms with Crippen LogP contribution in [0.1, 0.15) is 33.6 Å². The molecule has 0 unspecified atom stereocenters. The standard InChI is InChI=1S/C8H16N.C2H3O.Y/c1-8(2)9-6-4-3-5-7-9;1-2-3;/h3,8H,4-7H2,1-2H3;1H3;/q2*-1;. The zero-order valence-corrected chi connectivity index (χ0v) is 11.8. The van der Waals surface area contributed by atoms with Gasteiger partial charge in [0.2, 0.25) is 0 Å². The average molecular weight is 258 g/mol. The fourth-order valence-corrected chi connectivity index (χ4v) is 1.29. The number of piperidine rings is 1. The van der Waals surface area contributed by atoms with Gasteiger partial charge in [0.05, 0.1) is 0 Å². The summed E-state index contributed by atoms with van der Waals surface area (Å²) in [7, 11) is 0. The Labute approximate surface area is 107 Å². The first-order chi connectivity index (χ1) is 5.72. The predicted octanol–water partition coefficient (Wildman–Crippen LogP) is 1.81. The van der Waals surface area contributed by atoms with Crippen LogP contribution in [0.5, 0.6) is 0 Å². The number of carbonyl (C=O) groups excluding carboxylic acids is 1. The fraction of sp³-hybridized carbons (Fsp3) is 0.800. The Hall–Kier alpha value is 0.734. The molecule has 1 rings (SSSR count). The summed E-state index contributed by atoms with van der Waals surface area (Å²) in [6.07, 6.45) is 6.47. The predicted molar refractivity (Wildman–Crippen MR) is 51.6 cm³/mol. The molecule has 75 valence electrons. The molecule has 0 spiro atoms. The monoisotopic (exact) mass is 258 g/mol. The van der Waals surface area contributed by atoms with Crippen molar-refractivity contribution in [3.05, 3.63) is 6.42 Å². The maximum absolute atomic E-state index is 8.68. The Bertz CT molecular complexity index is 111. The van der Waals surface area contributed by atoms with E-state index in [1.165, 1.54) is 39.1 Å². The van der Waals surface area contributed by atoms with Crippen LogP contribution in [0.4, 0.5) is 0 Å². The molecule has 0 aliphatic carbocycles. The minimum Gasteiger partial charge on any atom is -0.542 e. The van der Waals surface area contributed by atoms with Crippen LogP contribution < -0.4 is 0 Å². The van der Waals surface area contributed by atoms with E-state index in [0.717, 1.165) is 6.04 Å². The Morgan fingerprint density at radius 3 is 1.92 bits per heavy atom. The molecule has 1 aliphatic heterocycles. The number of likely N-dealkylation sites (tertiary alicyclic amines) is 1. The third-order valence-electron chi connectivity index (χ3n) is 1.97. The maximum atomic E-state index is 8.68. The Morgan fingerprint density at radius 1 is 1.31 bits per heavy atom. The van der Waals surface area contributed by atoms with Gasteiger partial charge in [-0.1, -0.05) is 0 Å². The van der Waals surface area contributed by atoms with Crippen molar-refractivity contribution in [2.75, 3.05) is 13.1 Å². The van der Waals surface area contributed by atoms with Gasteiger partial charge in [-0.3, -0.25) is 6.29 Å². The zero-order chi connectivity index (χ0) is 9.40. The molecule has 0 aromatic heterocycles. The molecule has 0 aromatic carbocycles. The van der Waals surface area contributed by atoms with E-state index in [1.54, 1.807) is 0 Å². The summed E-state index contributed by atoms with van der Waals surface area (Å²) in [4.78, 5) is 11.2. The number of rotatable bonds is 1. The van der Waals surface area contributed by atoms with Gasteiger partial charge in [-0.15, -0.1) is 0 Å². The largest absolute Gasteiger partial charge is 0.542 e. The number of nitrogens with zero attached hydrogens (tertiary/aromatic N) is 1. The summed E-state index contributed by atoms with van der Waals surface area (Å²) < 4.78 is 0. The molecule has 0 aromatic rings. The van der Waals surface area contributed by atoms with Gasteiger partial charge in [-0.25, -0.2) is 0 Å². The van der Waals surface area contributed by atoms with Crippen LogP contribution in [0.3, 0.4) is 0 Å². The Kier molecular flexibility index (Phi) is 13.5. The van der Waals surface area contributed by atoms with E-state index in [2.05, 4.69) is 25.2 Å². The van der Waals surface area contributed by atoms with Crippen LogP contribution in [0.2, 0.25) is 0 Å². The van der Waals surface area contributed by atoms with Gasteiger partial charge >= 0.3 is 0 Å². The molecule has 3 heteroatoms. The summed E-state index contributed by atoms with van der Waals surface area (Å²) in [5, 5.41) is 0. The Balaban J connectivity index is 0. The molecule has 0 bridgehead atoms. The van der Waals surface area contributed by atoms with Crippen molar-refractivity contribution < 1.29 is 37.5 Å². The summed E-state index contributed by atoms with van der Waals surface area (Å²) in [5.74, 6) is 0. The molecular formula is C10H19NOY-2. The quantitative estimate of drug-likeness (QED) is 0.668. The summed E-state index contributed by atoms with van der Waals surface area (Å²) in [6, 6.07) is 0.749. The second-order valence-corrected chi connectivity index (χ2v) is 3.20. The van der Waals surface area contributed by atoms with E-state index in [-0.39, 0.29) is 32.7 Å². The van der Waals surface area contributed by atoms with Crippen molar-refractivity contribution in [2.24, 2.45) is 0 Å². The molecule has 13 heavy (non-hydrogen) atoms. The molecule has 1 heterocycles. The van der Waals surface area contributed by atoms with Crippen LogP contribution in [0, 0.1) is 6.42 Å². The first kappa shape index (κ1) is 16.2. The van der Waals surface area contributed by atoms with Crippen LogP contribution in [0.25, 0.3) is 0 Å². The second-order valence-electron chi connectivity index (χ2n) is 3.20. The SMILES string of the molecule is CC(C)N1CC[CH-]CC1.C[C-]=O.[Y]. The van der Waals surface area contributed by atoms with Gasteiger partial charge in [0.25, 0.3) is 0 Å². The molecule has 2 nitrogen and oxygen atoms in total. The van der Waals surface area contributed by atoms with Gasteiger partial charge < -0.3 is 16.1 Å². The maximum Gasteiger partial charge on any atom is 0.00364 e. The topological polar surface area (TPSA) is 20.3 Å². The Morgan fingerprint density at radius 2 is 1.69 bits per heavy atom. The third kappa shape index (κ3) is 9.05. The fourth-order valence-electron chi connectivity index (χ4n) is 1.29. The molecule has 1 radical (unpaired) electrons. The van der Waals surface area contributed by atoms with Gasteiger partial charge in [-0.2, -0.15) is 19.8 Å². The minimum absolute atomic E-state index is 0. The normalized spacial score (nSPS) is 16.9. The van der Waals surface area contributed by atoms with E-state index in [9.17, 15) is 0 Å². The second kappa shape index (κ2) is 10.8. The summed E-state index contributed by atoms with van der Waals surface area (Å²) >= 11 is 0. The molecule has 1 aliphatic rings. The van der Waals surface area contributed by atoms with E-state index in [1.807, 2.05) is 0 Å². The van der Waals surface area contributed by atoms with Crippen LogP contribution in [-0.4, -0.2) is 30.3 Å². The molecule has 0 saturated carbocycles. The van der Waals surface area contributed by atoms with E-state index < -0.39 is 0 Å². The van der Waals surface area contributed by atoms with E-state index >= 15 is 0 Å². The van der Waals surface area contributed by atoms with Crippen molar-refractivity contribution in [3.8, 4) is 0 Å². The van der Waals surface area contributed by atoms with Crippen LogP contribution in [0.15, 0.2) is 0 Å². The molecule has 1 saturated heterocycles. The summed E-state index contributed by atoms with van der Waals surface area (Å²) in [5.41, 5.74) is 0. The average Bonchev–Trinajstić information content (AvgIpc) is 2.07. The van der Waals surface area contributed by atoms with Crippen LogP contribution in [-0.2, 0) is 37.5 Å². The van der Waals surface area contributed by atoms with Crippen LogP contribution >= 0.6 is 0 Å². The van der Waals surface area contributed by atoms with Gasteiger partial charge in [0.1, 0.15) is 0 Å².